The van der Waals surface area contributed by atoms with E-state index in [9.17, 15) is 4.79 Å². The molecule has 3 N–H and O–H groups in total. The Balaban J connectivity index is 2.38. The Hall–Kier alpha value is -2.57. The number of hydrogen-bond donors (Lipinski definition) is 2. The van der Waals surface area contributed by atoms with E-state index in [-0.39, 0.29) is 17.1 Å². The normalized spacial score (nSPS) is 10.3. The van der Waals surface area contributed by atoms with Gasteiger partial charge in [0.2, 0.25) is 11.8 Å². The molecule has 2 heterocycles. The average molecular weight is 248 g/mol. The van der Waals surface area contributed by atoms with Crippen LogP contribution in [0.15, 0.2) is 18.3 Å². The monoisotopic (exact) mass is 248 g/mol. The third kappa shape index (κ3) is 2.10. The number of carboxylic acid groups (broad SMARTS) is 1. The number of pyridine rings is 1. The van der Waals surface area contributed by atoms with E-state index in [2.05, 4.69) is 10.1 Å². The Morgan fingerprint density at radius 1 is 1.56 bits per heavy atom. The molecule has 2 aromatic rings. The van der Waals surface area contributed by atoms with E-state index in [0.29, 0.717) is 5.88 Å². The molecule has 2 aromatic heterocycles. The Morgan fingerprint density at radius 3 is 2.83 bits per heavy atom. The van der Waals surface area contributed by atoms with Crippen LogP contribution in [0.25, 0.3) is 0 Å². The highest BCUT2D eigenvalue weighted by Gasteiger charge is 2.15. The minimum absolute atomic E-state index is 0.0103. The number of nitrogens with zero attached hydrogens (tertiary/aromatic N) is 3. The van der Waals surface area contributed by atoms with Gasteiger partial charge in [-0.1, -0.05) is 0 Å². The number of hydrogen-bond acceptors (Lipinski definition) is 5. The molecular formula is C11H12N4O3. The van der Waals surface area contributed by atoms with Gasteiger partial charge in [-0.2, -0.15) is 5.10 Å². The number of anilines is 1. The molecule has 0 saturated heterocycles. The summed E-state index contributed by atoms with van der Waals surface area (Å²) >= 11 is 0. The Morgan fingerprint density at radius 2 is 2.28 bits per heavy atom. The maximum absolute atomic E-state index is 10.9. The van der Waals surface area contributed by atoms with E-state index in [4.69, 9.17) is 15.6 Å². The van der Waals surface area contributed by atoms with Gasteiger partial charge in [0.15, 0.2) is 0 Å². The standard InChI is InChI=1S/C11H12N4O3/c1-6-5-8(15(2)14-6)18-10-9(12)7(11(16)17)3-4-13-10/h3-5H,12H2,1-2H3,(H,16,17). The molecule has 0 fully saturated rings. The molecule has 7 nitrogen and oxygen atoms in total. The summed E-state index contributed by atoms with van der Waals surface area (Å²) < 4.78 is 6.97. The van der Waals surface area contributed by atoms with Crippen molar-refractivity contribution < 1.29 is 14.6 Å². The van der Waals surface area contributed by atoms with Crippen LogP contribution < -0.4 is 10.5 Å². The second-order valence-corrected chi connectivity index (χ2v) is 3.73. The van der Waals surface area contributed by atoms with Gasteiger partial charge in [0.1, 0.15) is 5.69 Å². The topological polar surface area (TPSA) is 103 Å². The Labute approximate surface area is 103 Å². The van der Waals surface area contributed by atoms with Crippen LogP contribution in [0.2, 0.25) is 0 Å². The number of aryl methyl sites for hydroxylation is 2. The van der Waals surface area contributed by atoms with Crippen molar-refractivity contribution in [2.45, 2.75) is 6.92 Å². The number of rotatable bonds is 3. The molecule has 0 aliphatic heterocycles. The molecule has 0 radical (unpaired) electrons. The largest absolute Gasteiger partial charge is 0.478 e. The zero-order valence-electron chi connectivity index (χ0n) is 9.91. The van der Waals surface area contributed by atoms with Gasteiger partial charge in [0, 0.05) is 19.3 Å². The summed E-state index contributed by atoms with van der Waals surface area (Å²) in [5.74, 6) is -0.631. The SMILES string of the molecule is Cc1cc(Oc2nccc(C(=O)O)c2N)n(C)n1. The van der Waals surface area contributed by atoms with Crippen LogP contribution in [0.4, 0.5) is 5.69 Å². The first-order valence-corrected chi connectivity index (χ1v) is 5.15. The molecule has 0 aliphatic rings. The molecule has 0 spiro atoms. The van der Waals surface area contributed by atoms with E-state index in [0.717, 1.165) is 5.69 Å². The fourth-order valence-electron chi connectivity index (χ4n) is 1.50. The van der Waals surface area contributed by atoms with Gasteiger partial charge < -0.3 is 15.6 Å². The third-order valence-electron chi connectivity index (χ3n) is 2.34. The molecule has 0 amide bonds. The predicted octanol–water partition coefficient (Wildman–Crippen LogP) is 1.20. The number of nitrogens with two attached hydrogens (primary N) is 1. The summed E-state index contributed by atoms with van der Waals surface area (Å²) in [7, 11) is 1.71. The molecular weight excluding hydrogens is 236 g/mol. The first-order chi connectivity index (χ1) is 8.49. The highest BCUT2D eigenvalue weighted by Crippen LogP contribution is 2.27. The van der Waals surface area contributed by atoms with Gasteiger partial charge in [0.05, 0.1) is 11.3 Å². The second kappa shape index (κ2) is 4.36. The summed E-state index contributed by atoms with van der Waals surface area (Å²) in [4.78, 5) is 14.8. The molecule has 0 bridgehead atoms. The molecule has 0 unspecified atom stereocenters. The van der Waals surface area contributed by atoms with Crippen LogP contribution in [0, 0.1) is 6.92 Å². The first-order valence-electron chi connectivity index (χ1n) is 5.15. The van der Waals surface area contributed by atoms with Crippen LogP contribution in [-0.4, -0.2) is 25.8 Å². The van der Waals surface area contributed by atoms with E-state index in [1.165, 1.54) is 16.9 Å². The van der Waals surface area contributed by atoms with Crippen LogP contribution in [0.5, 0.6) is 11.8 Å². The van der Waals surface area contributed by atoms with Crippen LogP contribution in [0.1, 0.15) is 16.1 Å². The summed E-state index contributed by atoms with van der Waals surface area (Å²) in [6.45, 7) is 1.82. The van der Waals surface area contributed by atoms with Gasteiger partial charge in [-0.3, -0.25) is 0 Å². The molecule has 2 rings (SSSR count). The molecule has 0 saturated carbocycles. The smallest absolute Gasteiger partial charge is 0.338 e. The van der Waals surface area contributed by atoms with Crippen molar-refractivity contribution in [2.75, 3.05) is 5.73 Å². The van der Waals surface area contributed by atoms with Crippen molar-refractivity contribution in [3.05, 3.63) is 29.6 Å². The molecule has 7 heteroatoms. The van der Waals surface area contributed by atoms with Crippen molar-refractivity contribution in [1.29, 1.82) is 0 Å². The number of aromatic carboxylic acids is 1. The van der Waals surface area contributed by atoms with Crippen LogP contribution in [-0.2, 0) is 7.05 Å². The Kier molecular flexibility index (Phi) is 2.88. The quantitative estimate of drug-likeness (QED) is 0.845. The summed E-state index contributed by atoms with van der Waals surface area (Å²) in [5.41, 5.74) is 6.42. The minimum atomic E-state index is -1.12. The van der Waals surface area contributed by atoms with Gasteiger partial charge in [-0.25, -0.2) is 14.5 Å². The lowest BCUT2D eigenvalue weighted by molar-refractivity contribution is 0.0697. The van der Waals surface area contributed by atoms with Crippen molar-refractivity contribution in [2.24, 2.45) is 7.05 Å². The van der Waals surface area contributed by atoms with Crippen molar-refractivity contribution in [3.8, 4) is 11.8 Å². The predicted molar refractivity (Wildman–Crippen MR) is 63.6 cm³/mol. The lowest BCUT2D eigenvalue weighted by Gasteiger charge is -2.08. The maximum atomic E-state index is 10.9. The zero-order chi connectivity index (χ0) is 13.3. The fourth-order valence-corrected chi connectivity index (χ4v) is 1.50. The summed E-state index contributed by atoms with van der Waals surface area (Å²) in [6, 6.07) is 3.02. The van der Waals surface area contributed by atoms with Gasteiger partial charge in [0.25, 0.3) is 0 Å². The van der Waals surface area contributed by atoms with Gasteiger partial charge >= 0.3 is 5.97 Å². The van der Waals surface area contributed by atoms with E-state index < -0.39 is 5.97 Å². The number of ether oxygens (including phenoxy) is 1. The fraction of sp³-hybridized carbons (Fsp3) is 0.182. The van der Waals surface area contributed by atoms with E-state index in [1.54, 1.807) is 13.1 Å². The Bertz CT molecular complexity index is 606. The van der Waals surface area contributed by atoms with E-state index in [1.807, 2.05) is 6.92 Å². The van der Waals surface area contributed by atoms with Crippen LogP contribution in [0.3, 0.4) is 0 Å². The van der Waals surface area contributed by atoms with Crippen molar-refractivity contribution in [3.63, 3.8) is 0 Å². The molecule has 0 atom stereocenters. The van der Waals surface area contributed by atoms with Gasteiger partial charge in [-0.15, -0.1) is 0 Å². The minimum Gasteiger partial charge on any atom is -0.478 e. The molecule has 18 heavy (non-hydrogen) atoms. The summed E-state index contributed by atoms with van der Waals surface area (Å²) in [6.07, 6.45) is 1.33. The number of carbonyl (C=O) groups is 1. The molecule has 0 aromatic carbocycles. The highest BCUT2D eigenvalue weighted by molar-refractivity contribution is 5.94. The summed E-state index contributed by atoms with van der Waals surface area (Å²) in [5, 5.41) is 13.0. The van der Waals surface area contributed by atoms with Crippen LogP contribution >= 0.6 is 0 Å². The highest BCUT2D eigenvalue weighted by atomic mass is 16.5. The van der Waals surface area contributed by atoms with Crippen molar-refractivity contribution >= 4 is 11.7 Å². The van der Waals surface area contributed by atoms with E-state index >= 15 is 0 Å². The van der Waals surface area contributed by atoms with Crippen molar-refractivity contribution in [1.82, 2.24) is 14.8 Å². The zero-order valence-corrected chi connectivity index (χ0v) is 9.91. The maximum Gasteiger partial charge on any atom is 0.338 e. The average Bonchev–Trinajstić information content (AvgIpc) is 2.60. The second-order valence-electron chi connectivity index (χ2n) is 3.73. The number of nitrogen functional groups attached to an aromatic ring is 1. The molecule has 94 valence electrons. The number of carboxylic acids is 1. The molecule has 0 aliphatic carbocycles. The third-order valence-corrected chi connectivity index (χ3v) is 2.34. The lowest BCUT2D eigenvalue weighted by atomic mass is 10.2. The lowest BCUT2D eigenvalue weighted by Crippen LogP contribution is -2.06. The first kappa shape index (κ1) is 11.9. The number of aromatic nitrogens is 3. The van der Waals surface area contributed by atoms with Gasteiger partial charge in [-0.05, 0) is 13.0 Å².